The number of amides is 1. The van der Waals surface area contributed by atoms with E-state index in [1.807, 2.05) is 6.08 Å². The molecule has 0 spiro atoms. The van der Waals surface area contributed by atoms with Gasteiger partial charge in [-0.1, -0.05) is 19.8 Å². The van der Waals surface area contributed by atoms with E-state index in [2.05, 4.69) is 17.6 Å². The fraction of sp³-hybridized carbons (Fsp3) is 0.667. The summed E-state index contributed by atoms with van der Waals surface area (Å²) >= 11 is 0. The Bertz CT molecular complexity index is 187. The van der Waals surface area contributed by atoms with E-state index in [1.54, 1.807) is 0 Å². The van der Waals surface area contributed by atoms with Gasteiger partial charge in [0.05, 0.1) is 5.70 Å². The molecule has 0 radical (unpaired) electrons. The molecule has 12 heavy (non-hydrogen) atoms. The Hall–Kier alpha value is -0.990. The molecule has 0 unspecified atom stereocenters. The molecule has 0 atom stereocenters. The van der Waals surface area contributed by atoms with Gasteiger partial charge >= 0.3 is 0 Å². The Morgan fingerprint density at radius 3 is 3.00 bits per heavy atom. The molecule has 1 aliphatic rings. The number of hydrogen-bond donors (Lipinski definition) is 2. The minimum Gasteiger partial charge on any atom is -0.381 e. The van der Waals surface area contributed by atoms with E-state index < -0.39 is 0 Å². The van der Waals surface area contributed by atoms with Crippen molar-refractivity contribution in [2.75, 3.05) is 13.1 Å². The molecule has 0 aromatic rings. The second-order valence-corrected chi connectivity index (χ2v) is 2.96. The van der Waals surface area contributed by atoms with Gasteiger partial charge in [-0.3, -0.25) is 4.79 Å². The molecule has 3 heteroatoms. The van der Waals surface area contributed by atoms with Gasteiger partial charge in [-0.25, -0.2) is 0 Å². The third kappa shape index (κ3) is 2.57. The Labute approximate surface area is 73.2 Å². The molecular weight excluding hydrogens is 152 g/mol. The van der Waals surface area contributed by atoms with E-state index in [0.717, 1.165) is 18.7 Å². The van der Waals surface area contributed by atoms with Crippen LogP contribution in [0.2, 0.25) is 0 Å². The van der Waals surface area contributed by atoms with Gasteiger partial charge in [0.2, 0.25) is 0 Å². The van der Waals surface area contributed by atoms with Crippen LogP contribution in [0.15, 0.2) is 11.8 Å². The summed E-state index contributed by atoms with van der Waals surface area (Å²) in [6, 6.07) is 0. The number of carbonyl (C=O) groups excluding carboxylic acids is 1. The fourth-order valence-electron chi connectivity index (χ4n) is 1.18. The van der Waals surface area contributed by atoms with Gasteiger partial charge in [-0.2, -0.15) is 0 Å². The Morgan fingerprint density at radius 1 is 1.58 bits per heavy atom. The number of nitrogens with one attached hydrogen (secondary N) is 2. The summed E-state index contributed by atoms with van der Waals surface area (Å²) in [6.07, 6.45) is 5.48. The molecule has 0 aromatic carbocycles. The zero-order chi connectivity index (χ0) is 8.81. The van der Waals surface area contributed by atoms with Gasteiger partial charge in [0.15, 0.2) is 0 Å². The van der Waals surface area contributed by atoms with Crippen LogP contribution in [0.5, 0.6) is 0 Å². The summed E-state index contributed by atoms with van der Waals surface area (Å²) in [5.41, 5.74) is 0.742. The molecule has 0 bridgehead atoms. The second-order valence-electron chi connectivity index (χ2n) is 2.96. The van der Waals surface area contributed by atoms with Crippen molar-refractivity contribution in [2.45, 2.75) is 26.2 Å². The van der Waals surface area contributed by atoms with E-state index in [-0.39, 0.29) is 5.91 Å². The lowest BCUT2D eigenvalue weighted by molar-refractivity contribution is -0.117. The Kier molecular flexibility index (Phi) is 3.64. The largest absolute Gasteiger partial charge is 0.381 e. The van der Waals surface area contributed by atoms with Crippen molar-refractivity contribution in [2.24, 2.45) is 0 Å². The Morgan fingerprint density at radius 2 is 2.42 bits per heavy atom. The van der Waals surface area contributed by atoms with E-state index in [0.29, 0.717) is 6.54 Å². The predicted octanol–water partition coefficient (Wildman–Crippen LogP) is 0.780. The van der Waals surface area contributed by atoms with E-state index >= 15 is 0 Å². The van der Waals surface area contributed by atoms with Crippen LogP contribution in [-0.4, -0.2) is 19.0 Å². The van der Waals surface area contributed by atoms with E-state index in [4.69, 9.17) is 0 Å². The van der Waals surface area contributed by atoms with Crippen LogP contribution in [0.3, 0.4) is 0 Å². The summed E-state index contributed by atoms with van der Waals surface area (Å²) in [5, 5.41) is 5.83. The topological polar surface area (TPSA) is 41.1 Å². The lowest BCUT2D eigenvalue weighted by atomic mass is 10.2. The Balaban J connectivity index is 2.10. The van der Waals surface area contributed by atoms with Gasteiger partial charge in [0.1, 0.15) is 0 Å². The molecule has 1 aliphatic heterocycles. The second kappa shape index (κ2) is 4.80. The molecule has 0 fully saturated rings. The smallest absolute Gasteiger partial charge is 0.267 e. The highest BCUT2D eigenvalue weighted by molar-refractivity contribution is 5.95. The van der Waals surface area contributed by atoms with Gasteiger partial charge in [0.25, 0.3) is 5.91 Å². The molecule has 1 amide bonds. The van der Waals surface area contributed by atoms with Crippen molar-refractivity contribution in [1.82, 2.24) is 10.6 Å². The lowest BCUT2D eigenvalue weighted by Gasteiger charge is -2.03. The minimum atomic E-state index is 0.0338. The van der Waals surface area contributed by atoms with E-state index in [9.17, 15) is 4.79 Å². The maximum absolute atomic E-state index is 11.0. The third-order valence-corrected chi connectivity index (χ3v) is 1.91. The van der Waals surface area contributed by atoms with Gasteiger partial charge in [0, 0.05) is 13.1 Å². The average molecular weight is 168 g/mol. The quantitative estimate of drug-likeness (QED) is 0.596. The predicted molar refractivity (Wildman–Crippen MR) is 48.6 cm³/mol. The van der Waals surface area contributed by atoms with Crippen molar-refractivity contribution in [3.05, 3.63) is 11.8 Å². The average Bonchev–Trinajstić information content (AvgIpc) is 2.46. The molecule has 68 valence electrons. The lowest BCUT2D eigenvalue weighted by Crippen LogP contribution is -2.25. The molecule has 1 rings (SSSR count). The fourth-order valence-corrected chi connectivity index (χ4v) is 1.18. The molecule has 2 N–H and O–H groups in total. The summed E-state index contributed by atoms with van der Waals surface area (Å²) in [5.74, 6) is 0.0338. The maximum Gasteiger partial charge on any atom is 0.267 e. The van der Waals surface area contributed by atoms with Crippen LogP contribution < -0.4 is 10.6 Å². The first kappa shape index (κ1) is 9.10. The third-order valence-electron chi connectivity index (χ3n) is 1.91. The highest BCUT2D eigenvalue weighted by atomic mass is 16.2. The summed E-state index contributed by atoms with van der Waals surface area (Å²) in [6.45, 7) is 3.75. The summed E-state index contributed by atoms with van der Waals surface area (Å²) < 4.78 is 0. The van der Waals surface area contributed by atoms with Gasteiger partial charge in [-0.05, 0) is 12.5 Å². The highest BCUT2D eigenvalue weighted by Gasteiger charge is 2.12. The van der Waals surface area contributed by atoms with Crippen molar-refractivity contribution < 1.29 is 4.79 Å². The molecular formula is C9H16N2O. The standard InChI is InChI=1S/C9H16N2O/c1-2-3-4-6-10-8-5-7-11-9(8)12/h5,10H,2-4,6-7H2,1H3,(H,11,12). The van der Waals surface area contributed by atoms with Crippen LogP contribution in [0.1, 0.15) is 26.2 Å². The van der Waals surface area contributed by atoms with Crippen LogP contribution in [0, 0.1) is 0 Å². The van der Waals surface area contributed by atoms with Crippen molar-refractivity contribution in [3.63, 3.8) is 0 Å². The molecule has 0 aliphatic carbocycles. The molecule has 0 aromatic heterocycles. The van der Waals surface area contributed by atoms with Crippen molar-refractivity contribution in [1.29, 1.82) is 0 Å². The minimum absolute atomic E-state index is 0.0338. The van der Waals surface area contributed by atoms with Crippen LogP contribution >= 0.6 is 0 Å². The SMILES string of the molecule is CCCCCNC1=CCNC1=O. The molecule has 3 nitrogen and oxygen atoms in total. The van der Waals surface area contributed by atoms with Crippen LogP contribution in [0.4, 0.5) is 0 Å². The molecule has 0 saturated heterocycles. The number of rotatable bonds is 5. The number of unbranched alkanes of at least 4 members (excludes halogenated alkanes) is 2. The van der Waals surface area contributed by atoms with E-state index in [1.165, 1.54) is 12.8 Å². The first-order chi connectivity index (χ1) is 5.84. The molecule has 1 heterocycles. The van der Waals surface area contributed by atoms with Crippen molar-refractivity contribution in [3.8, 4) is 0 Å². The highest BCUT2D eigenvalue weighted by Crippen LogP contribution is 1.97. The molecule has 0 saturated carbocycles. The zero-order valence-corrected chi connectivity index (χ0v) is 7.52. The number of carbonyl (C=O) groups is 1. The van der Waals surface area contributed by atoms with Crippen molar-refractivity contribution >= 4 is 5.91 Å². The summed E-state index contributed by atoms with van der Waals surface area (Å²) in [4.78, 5) is 11.0. The first-order valence-electron chi connectivity index (χ1n) is 4.57. The van der Waals surface area contributed by atoms with Crippen LogP contribution in [0.25, 0.3) is 0 Å². The van der Waals surface area contributed by atoms with Gasteiger partial charge in [-0.15, -0.1) is 0 Å². The van der Waals surface area contributed by atoms with Crippen LogP contribution in [-0.2, 0) is 4.79 Å². The normalized spacial score (nSPS) is 15.8. The van der Waals surface area contributed by atoms with Gasteiger partial charge < -0.3 is 10.6 Å². The summed E-state index contributed by atoms with van der Waals surface area (Å²) in [7, 11) is 0. The maximum atomic E-state index is 11.0. The number of hydrogen-bond acceptors (Lipinski definition) is 2. The zero-order valence-electron chi connectivity index (χ0n) is 7.52. The first-order valence-corrected chi connectivity index (χ1v) is 4.57. The monoisotopic (exact) mass is 168 g/mol.